The minimum Gasteiger partial charge on any atom is -0.212 e. The van der Waals surface area contributed by atoms with Crippen molar-refractivity contribution in [1.29, 1.82) is 0 Å². The van der Waals surface area contributed by atoms with Gasteiger partial charge in [0.05, 0.1) is 5.75 Å². The summed E-state index contributed by atoms with van der Waals surface area (Å²) in [6.07, 6.45) is 11.5. The SMILES string of the molecule is O=S(=O)(Cl)CCCCCCCCCCCCCl. The summed E-state index contributed by atoms with van der Waals surface area (Å²) >= 11 is 5.59. The Labute approximate surface area is 115 Å². The van der Waals surface area contributed by atoms with Crippen molar-refractivity contribution in [2.75, 3.05) is 11.6 Å². The summed E-state index contributed by atoms with van der Waals surface area (Å²) in [6.45, 7) is 0. The number of alkyl halides is 1. The molecular formula is C12H24Cl2O2S. The summed E-state index contributed by atoms with van der Waals surface area (Å²) in [7, 11) is 1.85. The zero-order valence-corrected chi connectivity index (χ0v) is 12.8. The molecule has 0 amide bonds. The van der Waals surface area contributed by atoms with E-state index in [4.69, 9.17) is 22.3 Å². The van der Waals surface area contributed by atoms with Gasteiger partial charge in [-0.3, -0.25) is 0 Å². The molecule has 0 bridgehead atoms. The lowest BCUT2D eigenvalue weighted by atomic mass is 10.1. The van der Waals surface area contributed by atoms with Gasteiger partial charge in [-0.25, -0.2) is 8.42 Å². The van der Waals surface area contributed by atoms with Gasteiger partial charge in [-0.05, 0) is 12.8 Å². The van der Waals surface area contributed by atoms with E-state index in [1.807, 2.05) is 0 Å². The van der Waals surface area contributed by atoms with E-state index in [-0.39, 0.29) is 5.75 Å². The number of hydrogen-bond acceptors (Lipinski definition) is 2. The highest BCUT2D eigenvalue weighted by molar-refractivity contribution is 8.13. The first kappa shape index (κ1) is 17.5. The van der Waals surface area contributed by atoms with Gasteiger partial charge in [-0.1, -0.05) is 51.4 Å². The minimum atomic E-state index is -3.27. The molecule has 5 heteroatoms. The summed E-state index contributed by atoms with van der Waals surface area (Å²) in [5.74, 6) is 0.899. The van der Waals surface area contributed by atoms with Crippen LogP contribution in [0.25, 0.3) is 0 Å². The lowest BCUT2D eigenvalue weighted by molar-refractivity contribution is 0.560. The molecule has 0 saturated heterocycles. The van der Waals surface area contributed by atoms with E-state index in [1.54, 1.807) is 0 Å². The molecule has 0 saturated carbocycles. The maximum Gasteiger partial charge on any atom is 0.232 e. The standard InChI is InChI=1S/C12H24Cl2O2S/c13-11-9-7-5-3-1-2-4-6-8-10-12-17(14,15)16/h1-12H2. The summed E-state index contributed by atoms with van der Waals surface area (Å²) in [5, 5.41) is 0. The van der Waals surface area contributed by atoms with Gasteiger partial charge >= 0.3 is 0 Å². The van der Waals surface area contributed by atoms with E-state index < -0.39 is 9.05 Å². The molecule has 0 aromatic heterocycles. The number of hydrogen-bond donors (Lipinski definition) is 0. The molecule has 0 aromatic carbocycles. The van der Waals surface area contributed by atoms with E-state index in [1.165, 1.54) is 38.5 Å². The summed E-state index contributed by atoms with van der Waals surface area (Å²) in [5.41, 5.74) is 0. The van der Waals surface area contributed by atoms with Crippen LogP contribution in [0.5, 0.6) is 0 Å². The maximum atomic E-state index is 10.6. The second-order valence-corrected chi connectivity index (χ2v) is 7.74. The van der Waals surface area contributed by atoms with Crippen molar-refractivity contribution in [2.24, 2.45) is 0 Å². The quantitative estimate of drug-likeness (QED) is 0.298. The Bertz CT molecular complexity index is 253. The molecule has 0 N–H and O–H groups in total. The Morgan fingerprint density at radius 3 is 1.35 bits per heavy atom. The largest absolute Gasteiger partial charge is 0.232 e. The van der Waals surface area contributed by atoms with Crippen molar-refractivity contribution in [1.82, 2.24) is 0 Å². The first-order chi connectivity index (χ1) is 8.06. The molecule has 0 aliphatic carbocycles. The van der Waals surface area contributed by atoms with Crippen LogP contribution in [-0.2, 0) is 9.05 Å². The number of unbranched alkanes of at least 4 members (excludes halogenated alkanes) is 9. The molecule has 0 heterocycles. The third-order valence-electron chi connectivity index (χ3n) is 2.77. The molecule has 104 valence electrons. The fourth-order valence-electron chi connectivity index (χ4n) is 1.78. The third-order valence-corrected chi connectivity index (χ3v) is 4.28. The molecule has 0 aliphatic heterocycles. The average Bonchev–Trinajstić information content (AvgIpc) is 2.24. The van der Waals surface area contributed by atoms with Crippen LogP contribution in [0.3, 0.4) is 0 Å². The van der Waals surface area contributed by atoms with Crippen LogP contribution < -0.4 is 0 Å². The summed E-state index contributed by atoms with van der Waals surface area (Å²) in [4.78, 5) is 0. The lowest BCUT2D eigenvalue weighted by Gasteiger charge is -2.01. The van der Waals surface area contributed by atoms with Gasteiger partial charge < -0.3 is 0 Å². The molecule has 0 aliphatic rings. The van der Waals surface area contributed by atoms with Gasteiger partial charge in [0.15, 0.2) is 0 Å². The first-order valence-corrected chi connectivity index (χ1v) is 9.56. The predicted octanol–water partition coefficient (Wildman–Crippen LogP) is 4.69. The van der Waals surface area contributed by atoms with E-state index in [9.17, 15) is 8.42 Å². The van der Waals surface area contributed by atoms with Crippen LogP contribution in [0.1, 0.15) is 64.2 Å². The van der Waals surface area contributed by atoms with Gasteiger partial charge in [0, 0.05) is 16.6 Å². The van der Waals surface area contributed by atoms with Crippen molar-refractivity contribution in [3.63, 3.8) is 0 Å². The summed E-state index contributed by atoms with van der Waals surface area (Å²) < 4.78 is 21.3. The molecular weight excluding hydrogens is 279 g/mol. The Balaban J connectivity index is 3.04. The maximum absolute atomic E-state index is 10.6. The van der Waals surface area contributed by atoms with Crippen molar-refractivity contribution in [3.05, 3.63) is 0 Å². The van der Waals surface area contributed by atoms with E-state index in [0.29, 0.717) is 6.42 Å². The highest BCUT2D eigenvalue weighted by atomic mass is 35.7. The highest BCUT2D eigenvalue weighted by Gasteiger charge is 2.03. The molecule has 0 unspecified atom stereocenters. The van der Waals surface area contributed by atoms with E-state index in [0.717, 1.165) is 25.1 Å². The molecule has 0 rings (SSSR count). The second-order valence-electron chi connectivity index (χ2n) is 4.47. The van der Waals surface area contributed by atoms with Crippen molar-refractivity contribution in [2.45, 2.75) is 64.2 Å². The van der Waals surface area contributed by atoms with Gasteiger partial charge in [-0.2, -0.15) is 0 Å². The zero-order chi connectivity index (χ0) is 13.0. The zero-order valence-electron chi connectivity index (χ0n) is 10.5. The van der Waals surface area contributed by atoms with Crippen LogP contribution >= 0.6 is 22.3 Å². The first-order valence-electron chi connectivity index (χ1n) is 6.54. The van der Waals surface area contributed by atoms with Gasteiger partial charge in [0.2, 0.25) is 9.05 Å². The molecule has 0 spiro atoms. The minimum absolute atomic E-state index is 0.118. The van der Waals surface area contributed by atoms with Crippen LogP contribution in [0, 0.1) is 0 Å². The van der Waals surface area contributed by atoms with Crippen LogP contribution in [0.15, 0.2) is 0 Å². The lowest BCUT2D eigenvalue weighted by Crippen LogP contribution is -1.96. The van der Waals surface area contributed by atoms with Crippen LogP contribution in [0.4, 0.5) is 0 Å². The Kier molecular flexibility index (Phi) is 12.0. The number of halogens is 2. The van der Waals surface area contributed by atoms with Crippen LogP contribution in [-0.4, -0.2) is 20.1 Å². The predicted molar refractivity (Wildman–Crippen MR) is 76.5 cm³/mol. The highest BCUT2D eigenvalue weighted by Crippen LogP contribution is 2.11. The molecule has 0 atom stereocenters. The topological polar surface area (TPSA) is 34.1 Å². The summed E-state index contributed by atoms with van der Waals surface area (Å²) in [6, 6.07) is 0. The van der Waals surface area contributed by atoms with Gasteiger partial charge in [-0.15, -0.1) is 11.6 Å². The molecule has 0 fully saturated rings. The normalized spacial score (nSPS) is 11.9. The smallest absolute Gasteiger partial charge is 0.212 e. The monoisotopic (exact) mass is 302 g/mol. The Morgan fingerprint density at radius 2 is 1.00 bits per heavy atom. The van der Waals surface area contributed by atoms with E-state index >= 15 is 0 Å². The second kappa shape index (κ2) is 11.6. The van der Waals surface area contributed by atoms with Crippen molar-refractivity contribution < 1.29 is 8.42 Å². The molecule has 0 radical (unpaired) electrons. The third kappa shape index (κ3) is 16.5. The Morgan fingerprint density at radius 1 is 0.647 bits per heavy atom. The van der Waals surface area contributed by atoms with E-state index in [2.05, 4.69) is 0 Å². The van der Waals surface area contributed by atoms with Crippen LogP contribution in [0.2, 0.25) is 0 Å². The molecule has 2 nitrogen and oxygen atoms in total. The van der Waals surface area contributed by atoms with Gasteiger partial charge in [0.1, 0.15) is 0 Å². The van der Waals surface area contributed by atoms with Crippen molar-refractivity contribution >= 4 is 31.3 Å². The fourth-order valence-corrected chi connectivity index (χ4v) is 2.85. The Hall–Kier alpha value is 0.530. The van der Waals surface area contributed by atoms with Crippen molar-refractivity contribution in [3.8, 4) is 0 Å². The van der Waals surface area contributed by atoms with Gasteiger partial charge in [0.25, 0.3) is 0 Å². The average molecular weight is 303 g/mol. The number of rotatable bonds is 12. The molecule has 0 aromatic rings. The fraction of sp³-hybridized carbons (Fsp3) is 1.00. The molecule has 17 heavy (non-hydrogen) atoms.